The Morgan fingerprint density at radius 1 is 0.654 bits per heavy atom. The Hall–Kier alpha value is -0.240. The second kappa shape index (κ2) is 16.9. The lowest BCUT2D eigenvalue weighted by Gasteiger charge is -2.22. The molecule has 0 aliphatic carbocycles. The molecule has 26 heavy (non-hydrogen) atoms. The molecule has 6 heteroatoms. The van der Waals surface area contributed by atoms with Gasteiger partial charge in [0.15, 0.2) is 0 Å². The van der Waals surface area contributed by atoms with Crippen molar-refractivity contribution in [1.82, 2.24) is 0 Å². The smallest absolute Gasteiger partial charge is 0.0809 e. The molecule has 0 spiro atoms. The van der Waals surface area contributed by atoms with Crippen molar-refractivity contribution in [2.45, 2.75) is 97.1 Å². The van der Waals surface area contributed by atoms with Crippen molar-refractivity contribution in [2.75, 3.05) is 33.0 Å². The first-order chi connectivity index (χ1) is 12.3. The first-order valence-electron chi connectivity index (χ1n) is 10.3. The summed E-state index contributed by atoms with van der Waals surface area (Å²) in [6.45, 7) is 12.9. The largest absolute Gasteiger partial charge is 0.376 e. The normalized spacial score (nSPS) is 17.7. The molecule has 158 valence electrons. The Balaban J connectivity index is 4.11. The maximum Gasteiger partial charge on any atom is 0.0809 e. The molecule has 0 amide bonds. The van der Waals surface area contributed by atoms with Crippen molar-refractivity contribution in [3.05, 3.63) is 0 Å². The molecule has 6 nitrogen and oxygen atoms in total. The van der Waals surface area contributed by atoms with E-state index < -0.39 is 0 Å². The molecular formula is C20H44N2O4. The average molecular weight is 377 g/mol. The summed E-state index contributed by atoms with van der Waals surface area (Å²) in [6, 6.07) is 0.0909. The topological polar surface area (TPSA) is 89.0 Å². The Bertz CT molecular complexity index is 304. The van der Waals surface area contributed by atoms with Crippen LogP contribution < -0.4 is 11.5 Å². The van der Waals surface area contributed by atoms with Crippen LogP contribution in [-0.2, 0) is 18.9 Å². The lowest BCUT2D eigenvalue weighted by Crippen LogP contribution is -2.31. The van der Waals surface area contributed by atoms with Crippen LogP contribution in [0, 0.1) is 0 Å². The highest BCUT2D eigenvalue weighted by molar-refractivity contribution is 4.62. The van der Waals surface area contributed by atoms with Crippen LogP contribution in [0.25, 0.3) is 0 Å². The summed E-state index contributed by atoms with van der Waals surface area (Å²) < 4.78 is 23.2. The summed E-state index contributed by atoms with van der Waals surface area (Å²) in [5.74, 6) is 0. The van der Waals surface area contributed by atoms with E-state index in [2.05, 4.69) is 6.92 Å². The fourth-order valence-corrected chi connectivity index (χ4v) is 2.38. The fraction of sp³-hybridized carbons (Fsp3) is 1.00. The van der Waals surface area contributed by atoms with Gasteiger partial charge in [-0.3, -0.25) is 0 Å². The second-order valence-corrected chi connectivity index (χ2v) is 7.58. The van der Waals surface area contributed by atoms with Gasteiger partial charge in [-0.1, -0.05) is 32.6 Å². The molecule has 0 saturated heterocycles. The predicted molar refractivity (Wildman–Crippen MR) is 107 cm³/mol. The zero-order chi connectivity index (χ0) is 19.8. The molecule has 5 atom stereocenters. The van der Waals surface area contributed by atoms with Crippen molar-refractivity contribution < 1.29 is 18.9 Å². The van der Waals surface area contributed by atoms with Crippen LogP contribution in [0.5, 0.6) is 0 Å². The minimum absolute atomic E-state index is 0.0347. The second-order valence-electron chi connectivity index (χ2n) is 7.58. The molecule has 0 heterocycles. The van der Waals surface area contributed by atoms with Gasteiger partial charge in [0, 0.05) is 12.1 Å². The molecular weight excluding hydrogens is 332 g/mol. The maximum absolute atomic E-state index is 6.04. The van der Waals surface area contributed by atoms with Crippen LogP contribution >= 0.6 is 0 Å². The fourth-order valence-electron chi connectivity index (χ4n) is 2.38. The molecule has 0 rings (SSSR count). The average Bonchev–Trinajstić information content (AvgIpc) is 2.58. The van der Waals surface area contributed by atoms with Crippen molar-refractivity contribution in [2.24, 2.45) is 11.5 Å². The maximum atomic E-state index is 6.04. The van der Waals surface area contributed by atoms with Gasteiger partial charge in [0.1, 0.15) is 0 Å². The van der Waals surface area contributed by atoms with Crippen molar-refractivity contribution in [1.29, 1.82) is 0 Å². The van der Waals surface area contributed by atoms with Crippen LogP contribution in [0.3, 0.4) is 0 Å². The van der Waals surface area contributed by atoms with E-state index in [1.54, 1.807) is 0 Å². The van der Waals surface area contributed by atoms with E-state index in [-0.39, 0.29) is 30.4 Å². The molecule has 0 bridgehead atoms. The molecule has 0 aromatic rings. The first kappa shape index (κ1) is 25.8. The highest BCUT2D eigenvalue weighted by atomic mass is 16.6. The Morgan fingerprint density at radius 3 is 1.77 bits per heavy atom. The van der Waals surface area contributed by atoms with E-state index in [1.165, 1.54) is 19.3 Å². The Kier molecular flexibility index (Phi) is 16.7. The summed E-state index contributed by atoms with van der Waals surface area (Å²) in [7, 11) is 0. The van der Waals surface area contributed by atoms with Crippen LogP contribution in [0.4, 0.5) is 0 Å². The summed E-state index contributed by atoms with van der Waals surface area (Å²) >= 11 is 0. The van der Waals surface area contributed by atoms with E-state index in [0.717, 1.165) is 12.8 Å². The van der Waals surface area contributed by atoms with E-state index in [9.17, 15) is 0 Å². The number of nitrogens with two attached hydrogens (primary N) is 2. The molecule has 4 N–H and O–H groups in total. The van der Waals surface area contributed by atoms with Gasteiger partial charge >= 0.3 is 0 Å². The van der Waals surface area contributed by atoms with Crippen LogP contribution in [0.15, 0.2) is 0 Å². The van der Waals surface area contributed by atoms with Crippen LogP contribution in [0.2, 0.25) is 0 Å². The van der Waals surface area contributed by atoms with Gasteiger partial charge in [-0.15, -0.1) is 0 Å². The lowest BCUT2D eigenvalue weighted by molar-refractivity contribution is -0.0814. The first-order valence-corrected chi connectivity index (χ1v) is 10.3. The third kappa shape index (κ3) is 17.2. The molecule has 0 saturated carbocycles. The zero-order valence-corrected chi connectivity index (χ0v) is 17.7. The summed E-state index contributed by atoms with van der Waals surface area (Å²) in [5, 5.41) is 0. The number of ether oxygens (including phenoxy) is 4. The minimum Gasteiger partial charge on any atom is -0.376 e. The quantitative estimate of drug-likeness (QED) is 0.358. The van der Waals surface area contributed by atoms with Gasteiger partial charge in [-0.25, -0.2) is 0 Å². The van der Waals surface area contributed by atoms with E-state index in [0.29, 0.717) is 33.0 Å². The molecule has 0 aliphatic rings. The zero-order valence-electron chi connectivity index (χ0n) is 17.7. The SMILES string of the molecule is CCCCCCC(COCC(C)OCC(C)N)OCC(C)OCC(C)N. The molecule has 0 radical (unpaired) electrons. The van der Waals surface area contributed by atoms with Crippen LogP contribution in [0.1, 0.15) is 66.7 Å². The Morgan fingerprint density at radius 2 is 1.23 bits per heavy atom. The highest BCUT2D eigenvalue weighted by Crippen LogP contribution is 2.10. The molecule has 0 aromatic heterocycles. The minimum atomic E-state index is 0.0347. The Labute approximate surface area is 161 Å². The van der Waals surface area contributed by atoms with E-state index >= 15 is 0 Å². The van der Waals surface area contributed by atoms with Gasteiger partial charge in [0.2, 0.25) is 0 Å². The molecule has 0 fully saturated rings. The number of hydrogen-bond donors (Lipinski definition) is 2. The van der Waals surface area contributed by atoms with Crippen LogP contribution in [-0.4, -0.2) is 63.4 Å². The monoisotopic (exact) mass is 376 g/mol. The summed E-state index contributed by atoms with van der Waals surface area (Å²) in [6.07, 6.45) is 6.07. The van der Waals surface area contributed by atoms with E-state index in [1.807, 2.05) is 27.7 Å². The highest BCUT2D eigenvalue weighted by Gasteiger charge is 2.14. The van der Waals surface area contributed by atoms with Gasteiger partial charge in [-0.05, 0) is 34.1 Å². The predicted octanol–water partition coefficient (Wildman–Crippen LogP) is 2.86. The lowest BCUT2D eigenvalue weighted by atomic mass is 10.1. The summed E-state index contributed by atoms with van der Waals surface area (Å²) in [5.41, 5.74) is 11.4. The molecule has 0 aliphatic heterocycles. The van der Waals surface area contributed by atoms with Gasteiger partial charge in [-0.2, -0.15) is 0 Å². The van der Waals surface area contributed by atoms with E-state index in [4.69, 9.17) is 30.4 Å². The number of rotatable bonds is 18. The number of unbranched alkanes of at least 4 members (excludes halogenated alkanes) is 3. The van der Waals surface area contributed by atoms with Gasteiger partial charge < -0.3 is 30.4 Å². The van der Waals surface area contributed by atoms with Crippen molar-refractivity contribution >= 4 is 0 Å². The number of hydrogen-bond acceptors (Lipinski definition) is 6. The van der Waals surface area contributed by atoms with Crippen molar-refractivity contribution in [3.8, 4) is 0 Å². The van der Waals surface area contributed by atoms with Gasteiger partial charge in [0.25, 0.3) is 0 Å². The standard InChI is InChI=1S/C20H44N2O4/c1-6-7-8-9-10-20(26-14-19(5)25-12-17(3)22)15-23-13-18(4)24-11-16(2)21/h16-20H,6-15,21-22H2,1-5H3. The van der Waals surface area contributed by atoms with Crippen molar-refractivity contribution in [3.63, 3.8) is 0 Å². The molecule has 0 aromatic carbocycles. The summed E-state index contributed by atoms with van der Waals surface area (Å²) in [4.78, 5) is 0. The third-order valence-corrected chi connectivity index (χ3v) is 3.89. The van der Waals surface area contributed by atoms with Gasteiger partial charge in [0.05, 0.1) is 51.3 Å². The third-order valence-electron chi connectivity index (χ3n) is 3.89. The molecule has 5 unspecified atom stereocenters.